The number of ether oxygens (including phenoxy) is 3. The summed E-state index contributed by atoms with van der Waals surface area (Å²) in [6.45, 7) is 13.1. The summed E-state index contributed by atoms with van der Waals surface area (Å²) in [5.74, 6) is 2.92. The van der Waals surface area contributed by atoms with Crippen LogP contribution in [0.2, 0.25) is 0 Å². The number of allylic oxidation sites excluding steroid dienone is 3. The largest absolute Gasteiger partial charge is 0.460 e. The monoisotopic (exact) mass is 484 g/mol. The van der Waals surface area contributed by atoms with Gasteiger partial charge in [0.25, 0.3) is 0 Å². The Morgan fingerprint density at radius 2 is 1.77 bits per heavy atom. The molecule has 5 unspecified atom stereocenters. The van der Waals surface area contributed by atoms with E-state index in [1.165, 1.54) is 12.8 Å². The number of hydrogen-bond acceptors (Lipinski definition) is 5. The Bertz CT molecular complexity index is 854. The number of carbonyl (C=O) groups excluding carboxylic acids is 2. The lowest BCUT2D eigenvalue weighted by Gasteiger charge is -2.36. The van der Waals surface area contributed by atoms with Crippen LogP contribution in [0.1, 0.15) is 79.1 Å². The molecule has 3 fully saturated rings. The van der Waals surface area contributed by atoms with Crippen LogP contribution in [0, 0.1) is 35.0 Å². The average molecular weight is 485 g/mol. The summed E-state index contributed by atoms with van der Waals surface area (Å²) in [5.41, 5.74) is 1.15. The Kier molecular flexibility index (Phi) is 8.25. The van der Waals surface area contributed by atoms with Gasteiger partial charge in [0.15, 0.2) is 0 Å². The van der Waals surface area contributed by atoms with Gasteiger partial charge in [0.05, 0.1) is 12.7 Å². The van der Waals surface area contributed by atoms with Crippen LogP contribution >= 0.6 is 0 Å². The zero-order chi connectivity index (χ0) is 25.2. The number of carbonyl (C=O) groups is 2. The molecule has 5 nitrogen and oxygen atoms in total. The summed E-state index contributed by atoms with van der Waals surface area (Å²) < 4.78 is 17.2. The smallest absolute Gasteiger partial charge is 0.333 e. The standard InChI is InChI=1S/C30H44O5/c1-19(9-10-20(2)29(32)35-23-13-11-22(12-14-23)30(3,4)5)28(31)34-16-15-33-27-18-21-17-26(27)25-8-6-7-24(21)25/h6-7,10,21-27H,1,8-9,11-18H2,2-5H3/b20-10-. The van der Waals surface area contributed by atoms with E-state index >= 15 is 0 Å². The molecule has 0 aromatic rings. The molecule has 4 aliphatic rings. The third kappa shape index (κ3) is 6.28. The van der Waals surface area contributed by atoms with Crippen LogP contribution in [-0.2, 0) is 23.8 Å². The second-order valence-corrected chi connectivity index (χ2v) is 12.3. The molecular formula is C30H44O5. The van der Waals surface area contributed by atoms with Crippen molar-refractivity contribution in [1.29, 1.82) is 0 Å². The molecule has 35 heavy (non-hydrogen) atoms. The minimum atomic E-state index is -0.431. The first kappa shape index (κ1) is 26.2. The van der Waals surface area contributed by atoms with Crippen LogP contribution < -0.4 is 0 Å². The van der Waals surface area contributed by atoms with Crippen LogP contribution in [0.5, 0.6) is 0 Å². The highest BCUT2D eigenvalue weighted by atomic mass is 16.6. The van der Waals surface area contributed by atoms with Crippen LogP contribution in [-0.4, -0.2) is 37.4 Å². The number of fused-ring (bicyclic) bond motifs is 5. The molecular weight excluding hydrogens is 440 g/mol. The second-order valence-electron chi connectivity index (χ2n) is 12.3. The molecule has 4 rings (SSSR count). The van der Waals surface area contributed by atoms with Gasteiger partial charge in [-0.2, -0.15) is 0 Å². The molecule has 0 aromatic carbocycles. The van der Waals surface area contributed by atoms with E-state index in [1.807, 2.05) is 0 Å². The Morgan fingerprint density at radius 3 is 2.49 bits per heavy atom. The van der Waals surface area contributed by atoms with Crippen LogP contribution in [0.15, 0.2) is 36.0 Å². The summed E-state index contributed by atoms with van der Waals surface area (Å²) in [6.07, 6.45) is 14.7. The zero-order valence-corrected chi connectivity index (χ0v) is 22.1. The van der Waals surface area contributed by atoms with E-state index in [4.69, 9.17) is 14.2 Å². The maximum absolute atomic E-state index is 12.5. The molecule has 0 heterocycles. The van der Waals surface area contributed by atoms with Gasteiger partial charge >= 0.3 is 11.9 Å². The third-order valence-electron chi connectivity index (χ3n) is 9.03. The zero-order valence-electron chi connectivity index (χ0n) is 22.1. The first-order valence-electron chi connectivity index (χ1n) is 13.6. The van der Waals surface area contributed by atoms with Crippen molar-refractivity contribution in [3.8, 4) is 0 Å². The quantitative estimate of drug-likeness (QED) is 0.169. The van der Waals surface area contributed by atoms with E-state index in [2.05, 4.69) is 39.5 Å². The second kappa shape index (κ2) is 11.0. The molecule has 0 saturated heterocycles. The van der Waals surface area contributed by atoms with Gasteiger partial charge in [0, 0.05) is 11.1 Å². The van der Waals surface area contributed by atoms with Crippen LogP contribution in [0.3, 0.4) is 0 Å². The predicted molar refractivity (Wildman–Crippen MR) is 136 cm³/mol. The van der Waals surface area contributed by atoms with Gasteiger partial charge in [-0.25, -0.2) is 9.59 Å². The van der Waals surface area contributed by atoms with Gasteiger partial charge in [-0.1, -0.05) is 45.6 Å². The van der Waals surface area contributed by atoms with Gasteiger partial charge in [-0.15, -0.1) is 0 Å². The van der Waals surface area contributed by atoms with Gasteiger partial charge in [-0.3, -0.25) is 0 Å². The maximum atomic E-state index is 12.5. The number of hydrogen-bond donors (Lipinski definition) is 0. The molecule has 0 amide bonds. The van der Waals surface area contributed by atoms with Gasteiger partial charge in [-0.05, 0) is 93.3 Å². The molecule has 2 bridgehead atoms. The Labute approximate surface area is 211 Å². The number of rotatable bonds is 9. The van der Waals surface area contributed by atoms with E-state index < -0.39 is 5.97 Å². The Balaban J connectivity index is 1.10. The summed E-state index contributed by atoms with van der Waals surface area (Å²) in [5, 5.41) is 0. The van der Waals surface area contributed by atoms with E-state index in [0.717, 1.165) is 49.9 Å². The maximum Gasteiger partial charge on any atom is 0.333 e. The van der Waals surface area contributed by atoms with Gasteiger partial charge in [0.1, 0.15) is 12.7 Å². The van der Waals surface area contributed by atoms with Crippen LogP contribution in [0.4, 0.5) is 0 Å². The summed E-state index contributed by atoms with van der Waals surface area (Å²) in [7, 11) is 0. The Morgan fingerprint density at radius 1 is 1.03 bits per heavy atom. The lowest BCUT2D eigenvalue weighted by molar-refractivity contribution is -0.146. The average Bonchev–Trinajstić information content (AvgIpc) is 3.53. The van der Waals surface area contributed by atoms with E-state index in [9.17, 15) is 9.59 Å². The highest BCUT2D eigenvalue weighted by molar-refractivity contribution is 5.90. The molecule has 5 heteroatoms. The molecule has 3 saturated carbocycles. The molecule has 194 valence electrons. The molecule has 0 spiro atoms. The van der Waals surface area contributed by atoms with Crippen molar-refractivity contribution in [1.82, 2.24) is 0 Å². The molecule has 0 aliphatic heterocycles. The highest BCUT2D eigenvalue weighted by Crippen LogP contribution is 2.57. The van der Waals surface area contributed by atoms with Crippen molar-refractivity contribution >= 4 is 11.9 Å². The fourth-order valence-corrected chi connectivity index (χ4v) is 6.86. The van der Waals surface area contributed by atoms with Crippen LogP contribution in [0.25, 0.3) is 0 Å². The van der Waals surface area contributed by atoms with E-state index in [0.29, 0.717) is 41.1 Å². The molecule has 0 aromatic heterocycles. The fraction of sp³-hybridized carbons (Fsp3) is 0.733. The molecule has 5 atom stereocenters. The minimum Gasteiger partial charge on any atom is -0.460 e. The van der Waals surface area contributed by atoms with Crippen molar-refractivity contribution < 1.29 is 23.8 Å². The van der Waals surface area contributed by atoms with Gasteiger partial charge < -0.3 is 14.2 Å². The van der Waals surface area contributed by atoms with Crippen molar-refractivity contribution in [2.24, 2.45) is 35.0 Å². The van der Waals surface area contributed by atoms with E-state index in [1.54, 1.807) is 13.0 Å². The van der Waals surface area contributed by atoms with Crippen molar-refractivity contribution in [2.75, 3.05) is 13.2 Å². The van der Waals surface area contributed by atoms with E-state index in [-0.39, 0.29) is 25.1 Å². The topological polar surface area (TPSA) is 61.8 Å². The lowest BCUT2D eigenvalue weighted by Crippen LogP contribution is -2.31. The SMILES string of the molecule is C=C(C/C=C(/C)C(=O)OC1CCC(C(C)(C)C)CC1)C(=O)OCCOC1CC2CC1C1CC=CC21. The lowest BCUT2D eigenvalue weighted by atomic mass is 9.72. The number of esters is 2. The molecule has 0 radical (unpaired) electrons. The minimum absolute atomic E-state index is 0.0106. The first-order chi connectivity index (χ1) is 16.6. The van der Waals surface area contributed by atoms with Crippen molar-refractivity contribution in [3.63, 3.8) is 0 Å². The Hall–Kier alpha value is -1.88. The summed E-state index contributed by atoms with van der Waals surface area (Å²) >= 11 is 0. The normalized spacial score (nSPS) is 34.1. The predicted octanol–water partition coefficient (Wildman–Crippen LogP) is 6.19. The highest BCUT2D eigenvalue weighted by Gasteiger charge is 2.52. The first-order valence-corrected chi connectivity index (χ1v) is 13.6. The fourth-order valence-electron chi connectivity index (χ4n) is 6.86. The molecule has 0 N–H and O–H groups in total. The summed E-state index contributed by atoms with van der Waals surface area (Å²) in [4.78, 5) is 24.8. The third-order valence-corrected chi connectivity index (χ3v) is 9.03. The molecule has 4 aliphatic carbocycles. The van der Waals surface area contributed by atoms with Crippen molar-refractivity contribution in [2.45, 2.75) is 91.3 Å². The summed E-state index contributed by atoms with van der Waals surface area (Å²) in [6, 6.07) is 0. The van der Waals surface area contributed by atoms with Crippen molar-refractivity contribution in [3.05, 3.63) is 36.0 Å². The van der Waals surface area contributed by atoms with Gasteiger partial charge in [0.2, 0.25) is 0 Å².